The van der Waals surface area contributed by atoms with Gasteiger partial charge in [-0.15, -0.1) is 0 Å². The van der Waals surface area contributed by atoms with Gasteiger partial charge in [-0.3, -0.25) is 0 Å². The van der Waals surface area contributed by atoms with E-state index < -0.39 is 10.0 Å². The van der Waals surface area contributed by atoms with Crippen molar-refractivity contribution >= 4 is 10.0 Å². The minimum atomic E-state index is -3.46. The van der Waals surface area contributed by atoms with Gasteiger partial charge in [0.05, 0.1) is 12.0 Å². The van der Waals surface area contributed by atoms with Crippen LogP contribution >= 0.6 is 0 Å². The summed E-state index contributed by atoms with van der Waals surface area (Å²) in [5, 5.41) is 0. The SMILES string of the molecule is COc1c(C)cc(S(=O)(=O)NCCCN)cc1C. The number of sulfonamides is 1. The van der Waals surface area contributed by atoms with Crippen LogP contribution in [0.5, 0.6) is 5.75 Å². The summed E-state index contributed by atoms with van der Waals surface area (Å²) in [4.78, 5) is 0.260. The minimum Gasteiger partial charge on any atom is -0.496 e. The Morgan fingerprint density at radius 3 is 2.28 bits per heavy atom. The van der Waals surface area contributed by atoms with Crippen LogP contribution in [-0.4, -0.2) is 28.6 Å². The molecule has 6 heteroatoms. The largest absolute Gasteiger partial charge is 0.496 e. The zero-order valence-electron chi connectivity index (χ0n) is 11.0. The van der Waals surface area contributed by atoms with E-state index in [-0.39, 0.29) is 4.90 Å². The Morgan fingerprint density at radius 1 is 1.28 bits per heavy atom. The van der Waals surface area contributed by atoms with Crippen LogP contribution < -0.4 is 15.2 Å². The van der Waals surface area contributed by atoms with Gasteiger partial charge < -0.3 is 10.5 Å². The van der Waals surface area contributed by atoms with E-state index in [1.54, 1.807) is 19.2 Å². The van der Waals surface area contributed by atoms with Crippen molar-refractivity contribution in [3.8, 4) is 5.75 Å². The molecule has 0 radical (unpaired) electrons. The second kappa shape index (κ2) is 6.17. The highest BCUT2D eigenvalue weighted by molar-refractivity contribution is 7.89. The van der Waals surface area contributed by atoms with Gasteiger partial charge in [-0.25, -0.2) is 13.1 Å². The lowest BCUT2D eigenvalue weighted by molar-refractivity contribution is 0.408. The van der Waals surface area contributed by atoms with Crippen LogP contribution in [-0.2, 0) is 10.0 Å². The topological polar surface area (TPSA) is 81.4 Å². The van der Waals surface area contributed by atoms with E-state index in [4.69, 9.17) is 10.5 Å². The van der Waals surface area contributed by atoms with E-state index in [2.05, 4.69) is 4.72 Å². The van der Waals surface area contributed by atoms with Crippen molar-refractivity contribution in [1.29, 1.82) is 0 Å². The molecule has 0 fully saturated rings. The number of hydrogen-bond donors (Lipinski definition) is 2. The van der Waals surface area contributed by atoms with Gasteiger partial charge >= 0.3 is 0 Å². The van der Waals surface area contributed by atoms with Crippen molar-refractivity contribution < 1.29 is 13.2 Å². The van der Waals surface area contributed by atoms with Crippen molar-refractivity contribution in [2.45, 2.75) is 25.2 Å². The fraction of sp³-hybridized carbons (Fsp3) is 0.500. The quantitative estimate of drug-likeness (QED) is 0.755. The lowest BCUT2D eigenvalue weighted by Gasteiger charge is -2.12. The van der Waals surface area contributed by atoms with E-state index >= 15 is 0 Å². The highest BCUT2D eigenvalue weighted by Crippen LogP contribution is 2.26. The van der Waals surface area contributed by atoms with E-state index in [9.17, 15) is 8.42 Å². The average Bonchev–Trinajstić information content (AvgIpc) is 2.28. The molecule has 0 atom stereocenters. The second-order valence-corrected chi connectivity index (χ2v) is 5.90. The molecule has 0 bridgehead atoms. The number of aryl methyl sites for hydroxylation is 2. The first kappa shape index (κ1) is 14.9. The molecular formula is C12H20N2O3S. The lowest BCUT2D eigenvalue weighted by atomic mass is 10.1. The van der Waals surface area contributed by atoms with Gasteiger partial charge in [0.2, 0.25) is 10.0 Å². The van der Waals surface area contributed by atoms with Crippen LogP contribution in [0.2, 0.25) is 0 Å². The fourth-order valence-corrected chi connectivity index (χ4v) is 3.02. The molecule has 1 aromatic rings. The third kappa shape index (κ3) is 3.44. The smallest absolute Gasteiger partial charge is 0.240 e. The van der Waals surface area contributed by atoms with Crippen LogP contribution in [0.15, 0.2) is 17.0 Å². The molecule has 0 unspecified atom stereocenters. The number of benzene rings is 1. The Morgan fingerprint density at radius 2 is 1.83 bits per heavy atom. The van der Waals surface area contributed by atoms with Crippen molar-refractivity contribution in [3.63, 3.8) is 0 Å². The summed E-state index contributed by atoms with van der Waals surface area (Å²) in [7, 11) is -1.89. The molecule has 0 aliphatic carbocycles. The van der Waals surface area contributed by atoms with Gasteiger partial charge in [0.25, 0.3) is 0 Å². The first-order chi connectivity index (χ1) is 8.42. The van der Waals surface area contributed by atoms with Crippen LogP contribution in [0.3, 0.4) is 0 Å². The summed E-state index contributed by atoms with van der Waals surface area (Å²) >= 11 is 0. The molecule has 102 valence electrons. The van der Waals surface area contributed by atoms with E-state index in [1.807, 2.05) is 13.8 Å². The average molecular weight is 272 g/mol. The zero-order valence-corrected chi connectivity index (χ0v) is 11.8. The molecule has 3 N–H and O–H groups in total. The maximum absolute atomic E-state index is 12.0. The summed E-state index contributed by atoms with van der Waals surface area (Å²) in [6.07, 6.45) is 0.618. The first-order valence-corrected chi connectivity index (χ1v) is 7.25. The molecular weight excluding hydrogens is 252 g/mol. The normalized spacial score (nSPS) is 11.6. The third-order valence-electron chi connectivity index (χ3n) is 2.62. The number of nitrogens with two attached hydrogens (primary N) is 1. The lowest BCUT2D eigenvalue weighted by Crippen LogP contribution is -2.26. The maximum Gasteiger partial charge on any atom is 0.240 e. The van der Waals surface area contributed by atoms with Gasteiger partial charge in [-0.1, -0.05) is 0 Å². The number of rotatable bonds is 6. The third-order valence-corrected chi connectivity index (χ3v) is 4.06. The van der Waals surface area contributed by atoms with Crippen molar-refractivity contribution in [2.75, 3.05) is 20.2 Å². The summed E-state index contributed by atoms with van der Waals surface area (Å²) in [6, 6.07) is 3.22. The predicted octanol–water partition coefficient (Wildman–Crippen LogP) is 0.939. The van der Waals surface area contributed by atoms with Crippen LogP contribution in [0.4, 0.5) is 0 Å². The van der Waals surface area contributed by atoms with E-state index in [0.29, 0.717) is 19.5 Å². The van der Waals surface area contributed by atoms with Gasteiger partial charge in [0.1, 0.15) is 5.75 Å². The van der Waals surface area contributed by atoms with Crippen molar-refractivity contribution in [1.82, 2.24) is 4.72 Å². The second-order valence-electron chi connectivity index (χ2n) is 4.13. The van der Waals surface area contributed by atoms with Gasteiger partial charge in [0.15, 0.2) is 0 Å². The van der Waals surface area contributed by atoms with Crippen LogP contribution in [0.1, 0.15) is 17.5 Å². The number of methoxy groups -OCH3 is 1. The zero-order chi connectivity index (χ0) is 13.8. The summed E-state index contributed by atoms with van der Waals surface area (Å²) in [5.74, 6) is 0.718. The van der Waals surface area contributed by atoms with Gasteiger partial charge in [-0.2, -0.15) is 0 Å². The summed E-state index contributed by atoms with van der Waals surface area (Å²) in [6.45, 7) is 4.46. The predicted molar refractivity (Wildman–Crippen MR) is 71.3 cm³/mol. The molecule has 0 aliphatic rings. The highest BCUT2D eigenvalue weighted by Gasteiger charge is 2.16. The first-order valence-electron chi connectivity index (χ1n) is 5.77. The highest BCUT2D eigenvalue weighted by atomic mass is 32.2. The van der Waals surface area contributed by atoms with E-state index in [0.717, 1.165) is 16.9 Å². The molecule has 0 heterocycles. The molecule has 0 saturated carbocycles. The fourth-order valence-electron chi connectivity index (χ4n) is 1.78. The molecule has 5 nitrogen and oxygen atoms in total. The molecule has 1 aromatic carbocycles. The standard InChI is InChI=1S/C12H20N2O3S/c1-9-7-11(8-10(2)12(9)17-3)18(15,16)14-6-4-5-13/h7-8,14H,4-6,13H2,1-3H3. The molecule has 18 heavy (non-hydrogen) atoms. The van der Waals surface area contributed by atoms with Crippen LogP contribution in [0, 0.1) is 13.8 Å². The minimum absolute atomic E-state index is 0.260. The molecule has 0 aliphatic heterocycles. The maximum atomic E-state index is 12.0. The Bertz CT molecular complexity index is 489. The van der Waals surface area contributed by atoms with Gasteiger partial charge in [-0.05, 0) is 50.1 Å². The summed E-state index contributed by atoms with van der Waals surface area (Å²) in [5.41, 5.74) is 6.94. The molecule has 0 aromatic heterocycles. The molecule has 0 saturated heterocycles. The van der Waals surface area contributed by atoms with E-state index in [1.165, 1.54) is 0 Å². The number of hydrogen-bond acceptors (Lipinski definition) is 4. The van der Waals surface area contributed by atoms with Crippen LogP contribution in [0.25, 0.3) is 0 Å². The number of ether oxygens (including phenoxy) is 1. The summed E-state index contributed by atoms with van der Waals surface area (Å²) < 4.78 is 31.8. The monoisotopic (exact) mass is 272 g/mol. The molecule has 0 amide bonds. The number of nitrogens with one attached hydrogen (secondary N) is 1. The Labute approximate surface area is 108 Å². The molecule has 0 spiro atoms. The van der Waals surface area contributed by atoms with Crippen molar-refractivity contribution in [3.05, 3.63) is 23.3 Å². The van der Waals surface area contributed by atoms with Crippen molar-refractivity contribution in [2.24, 2.45) is 5.73 Å². The Hall–Kier alpha value is -1.11. The Balaban J connectivity index is 3.03. The Kier molecular flexibility index (Phi) is 5.13. The van der Waals surface area contributed by atoms with Gasteiger partial charge in [0, 0.05) is 6.54 Å². The molecule has 1 rings (SSSR count).